The quantitative estimate of drug-likeness (QED) is 0.686. The van der Waals surface area contributed by atoms with Crippen molar-refractivity contribution in [3.05, 3.63) is 30.4 Å². The molecule has 0 spiro atoms. The summed E-state index contributed by atoms with van der Waals surface area (Å²) < 4.78 is 1.69. The van der Waals surface area contributed by atoms with Gasteiger partial charge in [0.25, 0.3) is 5.91 Å². The van der Waals surface area contributed by atoms with Crippen molar-refractivity contribution in [3.63, 3.8) is 0 Å². The van der Waals surface area contributed by atoms with Gasteiger partial charge in [-0.3, -0.25) is 9.48 Å². The predicted molar refractivity (Wildman–Crippen MR) is 87.6 cm³/mol. The molecule has 8 heteroatoms. The molecule has 0 aliphatic heterocycles. The van der Waals surface area contributed by atoms with Gasteiger partial charge in [-0.05, 0) is 20.8 Å². The van der Waals surface area contributed by atoms with Crippen LogP contribution in [0.5, 0.6) is 0 Å². The number of fused-ring (bicyclic) bond motifs is 1. The van der Waals surface area contributed by atoms with Crippen LogP contribution in [0.3, 0.4) is 0 Å². The average Bonchev–Trinajstić information content (AvgIpc) is 3.03. The molecule has 0 unspecified atom stereocenters. The summed E-state index contributed by atoms with van der Waals surface area (Å²) in [5.41, 5.74) is 2.05. The van der Waals surface area contributed by atoms with Crippen LogP contribution in [0.25, 0.3) is 11.2 Å². The molecule has 0 aromatic carbocycles. The van der Waals surface area contributed by atoms with Crippen LogP contribution >= 0.6 is 0 Å². The number of nitrogens with one attached hydrogen (secondary N) is 3. The largest absolute Gasteiger partial charge is 0.347 e. The summed E-state index contributed by atoms with van der Waals surface area (Å²) >= 11 is 0. The van der Waals surface area contributed by atoms with E-state index in [1.165, 1.54) is 0 Å². The minimum absolute atomic E-state index is 0.184. The molecule has 23 heavy (non-hydrogen) atoms. The summed E-state index contributed by atoms with van der Waals surface area (Å²) in [6.45, 7) is 5.79. The Hall–Kier alpha value is -2.90. The Morgan fingerprint density at radius 3 is 2.74 bits per heavy atom. The van der Waals surface area contributed by atoms with Crippen LogP contribution < -0.4 is 10.6 Å². The van der Waals surface area contributed by atoms with Crippen molar-refractivity contribution in [1.82, 2.24) is 30.0 Å². The minimum atomic E-state index is -0.320. The fourth-order valence-corrected chi connectivity index (χ4v) is 2.17. The van der Waals surface area contributed by atoms with E-state index in [9.17, 15) is 4.79 Å². The number of aromatic amines is 1. The standard InChI is InChI=1S/C15H19N7O/c1-15(2,3)21-14(23)10-6-16-13-12(10)20-11(7-17-13)19-9-5-18-22(4)8-9/h5-8H,1-4H3,(H,16,17)(H,19,20)(H,21,23). The van der Waals surface area contributed by atoms with Crippen molar-refractivity contribution >= 4 is 28.6 Å². The molecule has 8 nitrogen and oxygen atoms in total. The first-order valence-corrected chi connectivity index (χ1v) is 7.24. The highest BCUT2D eigenvalue weighted by Crippen LogP contribution is 2.19. The highest BCUT2D eigenvalue weighted by molar-refractivity contribution is 6.04. The van der Waals surface area contributed by atoms with Gasteiger partial charge < -0.3 is 15.6 Å². The van der Waals surface area contributed by atoms with Crippen LogP contribution in [-0.2, 0) is 7.05 Å². The number of rotatable bonds is 3. The van der Waals surface area contributed by atoms with Gasteiger partial charge in [0.15, 0.2) is 5.65 Å². The van der Waals surface area contributed by atoms with Gasteiger partial charge >= 0.3 is 0 Å². The van der Waals surface area contributed by atoms with E-state index >= 15 is 0 Å². The smallest absolute Gasteiger partial charge is 0.255 e. The maximum absolute atomic E-state index is 12.4. The molecule has 3 aromatic rings. The van der Waals surface area contributed by atoms with Gasteiger partial charge in [0, 0.05) is 25.0 Å². The van der Waals surface area contributed by atoms with Gasteiger partial charge in [0.05, 0.1) is 23.6 Å². The van der Waals surface area contributed by atoms with Crippen molar-refractivity contribution in [2.24, 2.45) is 7.05 Å². The molecule has 0 aliphatic rings. The fourth-order valence-electron chi connectivity index (χ4n) is 2.17. The number of nitrogens with zero attached hydrogens (tertiary/aromatic N) is 4. The summed E-state index contributed by atoms with van der Waals surface area (Å²) in [4.78, 5) is 24.1. The Labute approximate surface area is 133 Å². The van der Waals surface area contributed by atoms with E-state index in [4.69, 9.17) is 0 Å². The molecule has 1 amide bonds. The molecule has 3 N–H and O–H groups in total. The summed E-state index contributed by atoms with van der Waals surface area (Å²) in [5, 5.41) is 10.1. The van der Waals surface area contributed by atoms with Gasteiger partial charge in [-0.2, -0.15) is 5.10 Å². The fraction of sp³-hybridized carbons (Fsp3) is 0.333. The van der Waals surface area contributed by atoms with Crippen molar-refractivity contribution in [3.8, 4) is 0 Å². The van der Waals surface area contributed by atoms with Gasteiger partial charge in [0.2, 0.25) is 0 Å². The molecule has 0 atom stereocenters. The third kappa shape index (κ3) is 3.31. The topological polar surface area (TPSA) is 101 Å². The van der Waals surface area contributed by atoms with Crippen LogP contribution in [0.4, 0.5) is 11.5 Å². The second kappa shape index (κ2) is 5.38. The van der Waals surface area contributed by atoms with E-state index in [0.717, 1.165) is 5.69 Å². The first-order chi connectivity index (χ1) is 10.8. The first kappa shape index (κ1) is 15.0. The first-order valence-electron chi connectivity index (χ1n) is 7.24. The maximum Gasteiger partial charge on any atom is 0.255 e. The number of carbonyl (C=O) groups is 1. The van der Waals surface area contributed by atoms with E-state index in [-0.39, 0.29) is 11.4 Å². The second-order valence-electron chi connectivity index (χ2n) is 6.39. The Bertz CT molecular complexity index is 856. The summed E-state index contributed by atoms with van der Waals surface area (Å²) in [6, 6.07) is 0. The maximum atomic E-state index is 12.4. The predicted octanol–water partition coefficient (Wildman–Crippen LogP) is 1.96. The van der Waals surface area contributed by atoms with E-state index in [0.29, 0.717) is 22.5 Å². The second-order valence-corrected chi connectivity index (χ2v) is 6.39. The molecule has 3 rings (SSSR count). The zero-order valence-corrected chi connectivity index (χ0v) is 13.5. The number of carbonyl (C=O) groups excluding carboxylic acids is 1. The SMILES string of the molecule is Cn1cc(Nc2cnc3[nH]cc(C(=O)NC(C)(C)C)c3n2)cn1. The van der Waals surface area contributed by atoms with Crippen LogP contribution in [0.1, 0.15) is 31.1 Å². The Balaban J connectivity index is 1.92. The van der Waals surface area contributed by atoms with Crippen LogP contribution in [0.2, 0.25) is 0 Å². The van der Waals surface area contributed by atoms with Gasteiger partial charge in [-0.1, -0.05) is 0 Å². The minimum Gasteiger partial charge on any atom is -0.347 e. The van der Waals surface area contributed by atoms with Gasteiger partial charge in [-0.25, -0.2) is 9.97 Å². The van der Waals surface area contributed by atoms with Crippen molar-refractivity contribution in [1.29, 1.82) is 0 Å². The molecule has 0 aliphatic carbocycles. The van der Waals surface area contributed by atoms with Crippen LogP contribution in [0.15, 0.2) is 24.8 Å². The number of hydrogen-bond donors (Lipinski definition) is 3. The lowest BCUT2D eigenvalue weighted by Gasteiger charge is -2.20. The number of amides is 1. The van der Waals surface area contributed by atoms with Crippen molar-refractivity contribution in [2.75, 3.05) is 5.32 Å². The van der Waals surface area contributed by atoms with Crippen molar-refractivity contribution < 1.29 is 4.79 Å². The Morgan fingerprint density at radius 1 is 1.30 bits per heavy atom. The molecule has 0 saturated heterocycles. The van der Waals surface area contributed by atoms with E-state index < -0.39 is 0 Å². The Kier molecular flexibility index (Phi) is 3.51. The molecular weight excluding hydrogens is 294 g/mol. The number of H-pyrrole nitrogens is 1. The van der Waals surface area contributed by atoms with E-state index in [1.807, 2.05) is 34.0 Å². The lowest BCUT2D eigenvalue weighted by atomic mass is 10.1. The summed E-state index contributed by atoms with van der Waals surface area (Å²) in [7, 11) is 1.83. The molecule has 0 fully saturated rings. The van der Waals surface area contributed by atoms with E-state index in [2.05, 4.69) is 30.7 Å². The summed E-state index contributed by atoms with van der Waals surface area (Å²) in [5.74, 6) is 0.367. The molecule has 3 aromatic heterocycles. The third-order valence-corrected chi connectivity index (χ3v) is 3.09. The van der Waals surface area contributed by atoms with Crippen molar-refractivity contribution in [2.45, 2.75) is 26.3 Å². The monoisotopic (exact) mass is 313 g/mol. The molecule has 0 bridgehead atoms. The molecule has 120 valence electrons. The molecule has 3 heterocycles. The number of hydrogen-bond acceptors (Lipinski definition) is 5. The number of aryl methyl sites for hydroxylation is 1. The van der Waals surface area contributed by atoms with Crippen LogP contribution in [0, 0.1) is 0 Å². The highest BCUT2D eigenvalue weighted by Gasteiger charge is 2.19. The lowest BCUT2D eigenvalue weighted by Crippen LogP contribution is -2.40. The molecular formula is C15H19N7O. The average molecular weight is 313 g/mol. The molecule has 0 radical (unpaired) electrons. The third-order valence-electron chi connectivity index (χ3n) is 3.09. The Morgan fingerprint density at radius 2 is 2.09 bits per heavy atom. The molecule has 0 saturated carbocycles. The normalized spacial score (nSPS) is 11.7. The van der Waals surface area contributed by atoms with Crippen LogP contribution in [-0.4, -0.2) is 36.2 Å². The zero-order valence-electron chi connectivity index (χ0n) is 13.5. The zero-order chi connectivity index (χ0) is 16.6. The van der Waals surface area contributed by atoms with Gasteiger partial charge in [-0.15, -0.1) is 0 Å². The lowest BCUT2D eigenvalue weighted by molar-refractivity contribution is 0.0921. The number of anilines is 2. The van der Waals surface area contributed by atoms with E-state index in [1.54, 1.807) is 23.3 Å². The number of aromatic nitrogens is 5. The highest BCUT2D eigenvalue weighted by atomic mass is 16.1. The summed E-state index contributed by atoms with van der Waals surface area (Å²) in [6.07, 6.45) is 6.75. The van der Waals surface area contributed by atoms with Gasteiger partial charge in [0.1, 0.15) is 11.3 Å².